The van der Waals surface area contributed by atoms with Crippen LogP contribution in [0.15, 0.2) is 22.7 Å². The summed E-state index contributed by atoms with van der Waals surface area (Å²) in [4.78, 5) is 8.48. The third-order valence-corrected chi connectivity index (χ3v) is 2.69. The maximum atomic E-state index is 5.63. The van der Waals surface area contributed by atoms with Crippen LogP contribution in [0.1, 0.15) is 32.7 Å². The van der Waals surface area contributed by atoms with Crippen LogP contribution >= 0.6 is 0 Å². The molecule has 0 fully saturated rings. The van der Waals surface area contributed by atoms with E-state index in [0.29, 0.717) is 23.2 Å². The minimum absolute atomic E-state index is 0.126. The predicted molar refractivity (Wildman–Crippen MR) is 71.1 cm³/mol. The Morgan fingerprint density at radius 1 is 1.26 bits per heavy atom. The predicted octanol–water partition coefficient (Wildman–Crippen LogP) is 2.45. The van der Waals surface area contributed by atoms with Gasteiger partial charge in [-0.05, 0) is 17.5 Å². The molecule has 0 saturated carbocycles. The molecule has 0 aromatic carbocycles. The Morgan fingerprint density at radius 3 is 2.58 bits per heavy atom. The minimum atomic E-state index is -0.244. The van der Waals surface area contributed by atoms with Crippen molar-refractivity contribution in [1.29, 1.82) is 0 Å². The number of ether oxygens (including phenoxy) is 1. The van der Waals surface area contributed by atoms with Gasteiger partial charge in [0.2, 0.25) is 5.82 Å². The van der Waals surface area contributed by atoms with E-state index in [0.717, 1.165) is 0 Å². The van der Waals surface area contributed by atoms with Gasteiger partial charge in [-0.25, -0.2) is 4.98 Å². The second-order valence-corrected chi connectivity index (χ2v) is 5.39. The van der Waals surface area contributed by atoms with E-state index in [4.69, 9.17) is 15.0 Å². The standard InChI is InChI=1S/C13H18N4O2/c1-13(2,3)10(18-4)11-16-12(19-17-11)8-6-5-7-9(14)15-8/h5-7,10H,1-4H3,(H2,14,15). The van der Waals surface area contributed by atoms with Crippen molar-refractivity contribution in [1.82, 2.24) is 15.1 Å². The lowest BCUT2D eigenvalue weighted by atomic mass is 9.88. The first-order valence-electron chi connectivity index (χ1n) is 6.01. The fourth-order valence-corrected chi connectivity index (χ4v) is 1.86. The molecule has 1 atom stereocenters. The summed E-state index contributed by atoms with van der Waals surface area (Å²) in [5, 5.41) is 3.97. The highest BCUT2D eigenvalue weighted by Gasteiger charge is 2.30. The van der Waals surface area contributed by atoms with Crippen LogP contribution in [0.25, 0.3) is 11.6 Å². The highest BCUT2D eigenvalue weighted by molar-refractivity contribution is 5.50. The molecule has 19 heavy (non-hydrogen) atoms. The van der Waals surface area contributed by atoms with Gasteiger partial charge in [0, 0.05) is 7.11 Å². The van der Waals surface area contributed by atoms with Crippen LogP contribution in [0.5, 0.6) is 0 Å². The molecule has 2 rings (SSSR count). The molecule has 0 aliphatic heterocycles. The van der Waals surface area contributed by atoms with E-state index in [1.54, 1.807) is 25.3 Å². The van der Waals surface area contributed by atoms with Crippen molar-refractivity contribution >= 4 is 5.82 Å². The summed E-state index contributed by atoms with van der Waals surface area (Å²) in [7, 11) is 1.63. The Kier molecular flexibility index (Phi) is 3.53. The number of rotatable bonds is 3. The van der Waals surface area contributed by atoms with Gasteiger partial charge in [-0.1, -0.05) is 32.0 Å². The first-order valence-corrected chi connectivity index (χ1v) is 6.01. The third kappa shape index (κ3) is 2.90. The molecule has 0 amide bonds. The average Bonchev–Trinajstić information content (AvgIpc) is 2.77. The third-order valence-electron chi connectivity index (χ3n) is 2.69. The van der Waals surface area contributed by atoms with E-state index in [1.807, 2.05) is 0 Å². The fourth-order valence-electron chi connectivity index (χ4n) is 1.86. The van der Waals surface area contributed by atoms with Gasteiger partial charge in [-0.3, -0.25) is 0 Å². The van der Waals surface area contributed by atoms with Crippen molar-refractivity contribution in [2.45, 2.75) is 26.9 Å². The smallest absolute Gasteiger partial charge is 0.276 e. The number of methoxy groups -OCH3 is 1. The van der Waals surface area contributed by atoms with Gasteiger partial charge in [0.1, 0.15) is 17.6 Å². The maximum Gasteiger partial charge on any atom is 0.276 e. The molecular weight excluding hydrogens is 244 g/mol. The van der Waals surface area contributed by atoms with Crippen LogP contribution in [-0.4, -0.2) is 22.2 Å². The first-order chi connectivity index (χ1) is 8.91. The summed E-state index contributed by atoms with van der Waals surface area (Å²) in [6.45, 7) is 6.15. The van der Waals surface area contributed by atoms with E-state index in [9.17, 15) is 0 Å². The quantitative estimate of drug-likeness (QED) is 0.914. The Morgan fingerprint density at radius 2 is 2.00 bits per heavy atom. The van der Waals surface area contributed by atoms with Gasteiger partial charge in [0.15, 0.2) is 0 Å². The molecule has 0 spiro atoms. The van der Waals surface area contributed by atoms with Gasteiger partial charge in [-0.15, -0.1) is 0 Å². The molecule has 6 heteroatoms. The number of anilines is 1. The van der Waals surface area contributed by atoms with Crippen LogP contribution in [-0.2, 0) is 4.74 Å². The monoisotopic (exact) mass is 262 g/mol. The van der Waals surface area contributed by atoms with Crippen LogP contribution in [0.2, 0.25) is 0 Å². The Hall–Kier alpha value is -1.95. The van der Waals surface area contributed by atoms with Gasteiger partial charge >= 0.3 is 0 Å². The number of nitrogen functional groups attached to an aromatic ring is 1. The number of hydrogen-bond acceptors (Lipinski definition) is 6. The fraction of sp³-hybridized carbons (Fsp3) is 0.462. The molecule has 2 aromatic heterocycles. The van der Waals surface area contributed by atoms with Crippen LogP contribution in [0, 0.1) is 5.41 Å². The number of pyridine rings is 1. The molecule has 2 N–H and O–H groups in total. The second-order valence-electron chi connectivity index (χ2n) is 5.39. The van der Waals surface area contributed by atoms with Crippen molar-refractivity contribution in [2.24, 2.45) is 5.41 Å². The normalized spacial score (nSPS) is 13.5. The lowest BCUT2D eigenvalue weighted by molar-refractivity contribution is 0.00718. The number of aromatic nitrogens is 3. The number of hydrogen-bond donors (Lipinski definition) is 1. The maximum absolute atomic E-state index is 5.63. The van der Waals surface area contributed by atoms with Gasteiger partial charge < -0.3 is 15.0 Å². The summed E-state index contributed by atoms with van der Waals surface area (Å²) in [5.41, 5.74) is 6.06. The van der Waals surface area contributed by atoms with Crippen molar-refractivity contribution in [3.63, 3.8) is 0 Å². The van der Waals surface area contributed by atoms with Gasteiger partial charge in [0.05, 0.1) is 0 Å². The van der Waals surface area contributed by atoms with Crippen molar-refractivity contribution in [3.8, 4) is 11.6 Å². The zero-order chi connectivity index (χ0) is 14.0. The van der Waals surface area contributed by atoms with Crippen LogP contribution in [0.4, 0.5) is 5.82 Å². The topological polar surface area (TPSA) is 87.1 Å². The lowest BCUT2D eigenvalue weighted by Crippen LogP contribution is -2.21. The second kappa shape index (κ2) is 4.97. The van der Waals surface area contributed by atoms with Gasteiger partial charge in [-0.2, -0.15) is 4.98 Å². The Bertz CT molecular complexity index is 560. The molecule has 0 saturated heterocycles. The highest BCUT2D eigenvalue weighted by atomic mass is 16.5. The van der Waals surface area contributed by atoms with E-state index < -0.39 is 0 Å². The lowest BCUT2D eigenvalue weighted by Gasteiger charge is -2.26. The molecule has 2 heterocycles. The molecule has 0 aliphatic carbocycles. The highest BCUT2D eigenvalue weighted by Crippen LogP contribution is 2.34. The van der Waals surface area contributed by atoms with E-state index in [-0.39, 0.29) is 11.5 Å². The molecule has 2 aromatic rings. The van der Waals surface area contributed by atoms with Crippen molar-refractivity contribution < 1.29 is 9.26 Å². The summed E-state index contributed by atoms with van der Waals surface area (Å²) < 4.78 is 10.7. The summed E-state index contributed by atoms with van der Waals surface area (Å²) in [6, 6.07) is 5.26. The first kappa shape index (κ1) is 13.5. The molecular formula is C13H18N4O2. The SMILES string of the molecule is COC(c1noc(-c2cccc(N)n2)n1)C(C)(C)C. The Balaban J connectivity index is 2.33. The van der Waals surface area contributed by atoms with E-state index in [1.165, 1.54) is 0 Å². The summed E-state index contributed by atoms with van der Waals surface area (Å²) in [5.74, 6) is 1.26. The molecule has 0 aliphatic rings. The molecule has 0 bridgehead atoms. The average molecular weight is 262 g/mol. The zero-order valence-corrected chi connectivity index (χ0v) is 11.5. The van der Waals surface area contributed by atoms with Crippen LogP contribution < -0.4 is 5.73 Å². The number of nitrogens with zero attached hydrogens (tertiary/aromatic N) is 3. The Labute approximate surface area is 112 Å². The summed E-state index contributed by atoms with van der Waals surface area (Å²) in [6.07, 6.45) is -0.244. The molecule has 102 valence electrons. The molecule has 0 radical (unpaired) electrons. The van der Waals surface area contributed by atoms with E-state index in [2.05, 4.69) is 35.9 Å². The van der Waals surface area contributed by atoms with Crippen molar-refractivity contribution in [3.05, 3.63) is 24.0 Å². The molecule has 6 nitrogen and oxygen atoms in total. The van der Waals surface area contributed by atoms with Crippen LogP contribution in [0.3, 0.4) is 0 Å². The number of nitrogens with two attached hydrogens (primary N) is 1. The van der Waals surface area contributed by atoms with Gasteiger partial charge in [0.25, 0.3) is 5.89 Å². The van der Waals surface area contributed by atoms with E-state index >= 15 is 0 Å². The summed E-state index contributed by atoms with van der Waals surface area (Å²) >= 11 is 0. The van der Waals surface area contributed by atoms with Crippen molar-refractivity contribution in [2.75, 3.05) is 12.8 Å². The molecule has 1 unspecified atom stereocenters. The zero-order valence-electron chi connectivity index (χ0n) is 11.5. The minimum Gasteiger partial charge on any atom is -0.384 e. The largest absolute Gasteiger partial charge is 0.384 e.